The highest BCUT2D eigenvalue weighted by Gasteiger charge is 2.27. The molecule has 0 unspecified atom stereocenters. The van der Waals surface area contributed by atoms with Gasteiger partial charge in [-0.05, 0) is 31.4 Å². The van der Waals surface area contributed by atoms with E-state index in [1.54, 1.807) is 0 Å². The average Bonchev–Trinajstić information content (AvgIpc) is 2.39. The zero-order valence-corrected chi connectivity index (χ0v) is 11.0. The molecule has 1 N–H and O–H groups in total. The summed E-state index contributed by atoms with van der Waals surface area (Å²) in [4.78, 5) is 12.0. The molecule has 2 nitrogen and oxygen atoms in total. The molecule has 0 heterocycles. The molecule has 0 aromatic heterocycles. The summed E-state index contributed by atoms with van der Waals surface area (Å²) in [5.41, 5.74) is -0.592. The van der Waals surface area contributed by atoms with Crippen LogP contribution in [0.4, 0.5) is 8.78 Å². The molecular weight excluding hydrogens is 236 g/mol. The molecule has 0 atom stereocenters. The molecule has 0 aliphatic carbocycles. The van der Waals surface area contributed by atoms with Crippen molar-refractivity contribution >= 4 is 5.91 Å². The molecule has 1 aromatic carbocycles. The Balaban J connectivity index is 2.98. The third kappa shape index (κ3) is 2.86. The van der Waals surface area contributed by atoms with Crippen molar-refractivity contribution < 1.29 is 13.6 Å². The number of nitrogens with one attached hydrogen (secondary N) is 1. The SMILES string of the molecule is CCC(CC)(CC)NC(=O)c1cccc(F)c1F. The number of amides is 1. The number of benzene rings is 1. The molecule has 0 fully saturated rings. The Labute approximate surface area is 106 Å². The standard InChI is InChI=1S/C14H19F2NO/c1-4-14(5-2,6-3)17-13(18)10-8-7-9-11(15)12(10)16/h7-9H,4-6H2,1-3H3,(H,17,18). The summed E-state index contributed by atoms with van der Waals surface area (Å²) in [5, 5.41) is 2.82. The van der Waals surface area contributed by atoms with Gasteiger partial charge in [0, 0.05) is 5.54 Å². The van der Waals surface area contributed by atoms with Crippen molar-refractivity contribution in [3.05, 3.63) is 35.4 Å². The van der Waals surface area contributed by atoms with Crippen molar-refractivity contribution in [3.8, 4) is 0 Å². The number of rotatable bonds is 5. The minimum Gasteiger partial charge on any atom is -0.347 e. The van der Waals surface area contributed by atoms with Crippen LogP contribution >= 0.6 is 0 Å². The predicted octanol–water partition coefficient (Wildman–Crippen LogP) is 3.66. The fraction of sp³-hybridized carbons (Fsp3) is 0.500. The third-order valence-electron chi connectivity index (χ3n) is 3.61. The van der Waals surface area contributed by atoms with Crippen LogP contribution in [0.5, 0.6) is 0 Å². The molecule has 18 heavy (non-hydrogen) atoms. The maximum absolute atomic E-state index is 13.5. The molecule has 0 radical (unpaired) electrons. The van der Waals surface area contributed by atoms with Gasteiger partial charge in [0.25, 0.3) is 5.91 Å². The molecular formula is C14H19F2NO. The van der Waals surface area contributed by atoms with Gasteiger partial charge in [-0.3, -0.25) is 4.79 Å². The van der Waals surface area contributed by atoms with Crippen LogP contribution < -0.4 is 5.32 Å². The van der Waals surface area contributed by atoms with Crippen molar-refractivity contribution in [1.82, 2.24) is 5.32 Å². The van der Waals surface area contributed by atoms with Gasteiger partial charge in [0.15, 0.2) is 11.6 Å². The van der Waals surface area contributed by atoms with E-state index in [9.17, 15) is 13.6 Å². The quantitative estimate of drug-likeness (QED) is 0.854. The minimum absolute atomic E-state index is 0.241. The third-order valence-corrected chi connectivity index (χ3v) is 3.61. The Kier molecular flexibility index (Phi) is 4.82. The number of hydrogen-bond donors (Lipinski definition) is 1. The normalized spacial score (nSPS) is 11.4. The minimum atomic E-state index is -1.09. The molecule has 0 aliphatic rings. The number of carbonyl (C=O) groups is 1. The summed E-state index contributed by atoms with van der Waals surface area (Å²) in [6, 6.07) is 3.62. The number of hydrogen-bond acceptors (Lipinski definition) is 1. The van der Waals surface area contributed by atoms with Crippen LogP contribution in [0.25, 0.3) is 0 Å². The van der Waals surface area contributed by atoms with E-state index in [0.717, 1.165) is 25.3 Å². The van der Waals surface area contributed by atoms with Gasteiger partial charge in [0.05, 0.1) is 5.56 Å². The first-order valence-electron chi connectivity index (χ1n) is 6.26. The van der Waals surface area contributed by atoms with E-state index in [2.05, 4.69) is 5.32 Å². The van der Waals surface area contributed by atoms with Crippen LogP contribution in [0.3, 0.4) is 0 Å². The van der Waals surface area contributed by atoms with E-state index in [0.29, 0.717) is 0 Å². The zero-order chi connectivity index (χ0) is 13.8. The second kappa shape index (κ2) is 5.94. The van der Waals surface area contributed by atoms with Gasteiger partial charge in [0.1, 0.15) is 0 Å². The predicted molar refractivity (Wildman–Crippen MR) is 67.4 cm³/mol. The lowest BCUT2D eigenvalue weighted by molar-refractivity contribution is 0.0883. The summed E-state index contributed by atoms with van der Waals surface area (Å²) in [6.07, 6.45) is 2.26. The zero-order valence-electron chi connectivity index (χ0n) is 11.0. The number of halogens is 2. The maximum atomic E-state index is 13.5. The van der Waals surface area contributed by atoms with E-state index in [1.165, 1.54) is 12.1 Å². The molecule has 0 spiro atoms. The largest absolute Gasteiger partial charge is 0.347 e. The van der Waals surface area contributed by atoms with Crippen molar-refractivity contribution in [2.24, 2.45) is 0 Å². The fourth-order valence-corrected chi connectivity index (χ4v) is 2.00. The second-order valence-electron chi connectivity index (χ2n) is 4.40. The van der Waals surface area contributed by atoms with Gasteiger partial charge < -0.3 is 5.32 Å². The van der Waals surface area contributed by atoms with E-state index in [1.807, 2.05) is 20.8 Å². The van der Waals surface area contributed by atoms with Crippen molar-refractivity contribution in [2.45, 2.75) is 45.6 Å². The van der Waals surface area contributed by atoms with Crippen LogP contribution in [0.2, 0.25) is 0 Å². The summed E-state index contributed by atoms with van der Waals surface area (Å²) >= 11 is 0. The van der Waals surface area contributed by atoms with Gasteiger partial charge in [-0.15, -0.1) is 0 Å². The van der Waals surface area contributed by atoms with Crippen LogP contribution in [0.1, 0.15) is 50.4 Å². The van der Waals surface area contributed by atoms with Crippen molar-refractivity contribution in [1.29, 1.82) is 0 Å². The lowest BCUT2D eigenvalue weighted by Crippen LogP contribution is -2.47. The molecule has 0 bridgehead atoms. The summed E-state index contributed by atoms with van der Waals surface area (Å²) < 4.78 is 26.6. The van der Waals surface area contributed by atoms with Crippen molar-refractivity contribution in [2.75, 3.05) is 0 Å². The molecule has 1 rings (SSSR count). The average molecular weight is 255 g/mol. The lowest BCUT2D eigenvalue weighted by atomic mass is 9.89. The van der Waals surface area contributed by atoms with E-state index in [4.69, 9.17) is 0 Å². The molecule has 0 saturated heterocycles. The van der Waals surface area contributed by atoms with Crippen LogP contribution in [0, 0.1) is 11.6 Å². The monoisotopic (exact) mass is 255 g/mol. The Bertz CT molecular complexity index is 420. The highest BCUT2D eigenvalue weighted by molar-refractivity contribution is 5.95. The Hall–Kier alpha value is -1.45. The second-order valence-corrected chi connectivity index (χ2v) is 4.40. The van der Waals surface area contributed by atoms with Crippen molar-refractivity contribution in [3.63, 3.8) is 0 Å². The molecule has 1 amide bonds. The summed E-state index contributed by atoms with van der Waals surface area (Å²) in [7, 11) is 0. The Morgan fingerprint density at radius 1 is 1.17 bits per heavy atom. The molecule has 1 aromatic rings. The van der Waals surface area contributed by atoms with Gasteiger partial charge >= 0.3 is 0 Å². The van der Waals surface area contributed by atoms with Gasteiger partial charge in [-0.1, -0.05) is 26.8 Å². The number of carbonyl (C=O) groups excluding carboxylic acids is 1. The molecule has 0 saturated carbocycles. The van der Waals surface area contributed by atoms with Crippen LogP contribution in [0.15, 0.2) is 18.2 Å². The molecule has 4 heteroatoms. The summed E-state index contributed by atoms with van der Waals surface area (Å²) in [6.45, 7) is 5.90. The first kappa shape index (κ1) is 14.6. The lowest BCUT2D eigenvalue weighted by Gasteiger charge is -2.31. The first-order chi connectivity index (χ1) is 8.49. The first-order valence-corrected chi connectivity index (χ1v) is 6.26. The van der Waals surface area contributed by atoms with Gasteiger partial charge in [-0.2, -0.15) is 0 Å². The topological polar surface area (TPSA) is 29.1 Å². The Morgan fingerprint density at radius 3 is 2.22 bits per heavy atom. The van der Waals surface area contributed by atoms with Crippen LogP contribution in [-0.4, -0.2) is 11.4 Å². The van der Waals surface area contributed by atoms with E-state index in [-0.39, 0.29) is 11.1 Å². The molecule has 0 aliphatic heterocycles. The Morgan fingerprint density at radius 2 is 1.72 bits per heavy atom. The summed E-state index contributed by atoms with van der Waals surface area (Å²) in [5.74, 6) is -2.65. The molecule has 100 valence electrons. The fourth-order valence-electron chi connectivity index (χ4n) is 2.00. The maximum Gasteiger partial charge on any atom is 0.254 e. The highest BCUT2D eigenvalue weighted by Crippen LogP contribution is 2.21. The highest BCUT2D eigenvalue weighted by atomic mass is 19.2. The van der Waals surface area contributed by atoms with E-state index < -0.39 is 17.5 Å². The van der Waals surface area contributed by atoms with Gasteiger partial charge in [0.2, 0.25) is 0 Å². The smallest absolute Gasteiger partial charge is 0.254 e. The van der Waals surface area contributed by atoms with E-state index >= 15 is 0 Å². The van der Waals surface area contributed by atoms with Crippen LogP contribution in [-0.2, 0) is 0 Å². The van der Waals surface area contributed by atoms with Gasteiger partial charge in [-0.25, -0.2) is 8.78 Å².